The van der Waals surface area contributed by atoms with Gasteiger partial charge in [-0.15, -0.1) is 11.3 Å². The number of fused-ring (bicyclic) bond motifs is 1. The molecule has 1 N–H and O–H groups in total. The average Bonchev–Trinajstić information content (AvgIpc) is 2.95. The smallest absolute Gasteiger partial charge is 0.223 e. The molecular weight excluding hydrogens is 370 g/mol. The fourth-order valence-corrected chi connectivity index (χ4v) is 5.11. The predicted octanol–water partition coefficient (Wildman–Crippen LogP) is 3.23. The lowest BCUT2D eigenvalue weighted by Gasteiger charge is -2.33. The second kappa shape index (κ2) is 8.74. The first-order valence-corrected chi connectivity index (χ1v) is 11.0. The number of rotatable bonds is 6. The molecule has 0 aliphatic carbocycles. The number of anilines is 1. The van der Waals surface area contributed by atoms with E-state index in [0.29, 0.717) is 18.5 Å². The first-order valence-electron chi connectivity index (χ1n) is 10.2. The van der Waals surface area contributed by atoms with Crippen molar-refractivity contribution in [2.45, 2.75) is 46.6 Å². The molecule has 1 aliphatic rings. The third-order valence-electron chi connectivity index (χ3n) is 6.03. The van der Waals surface area contributed by atoms with E-state index in [2.05, 4.69) is 66.9 Å². The lowest BCUT2D eigenvalue weighted by Crippen LogP contribution is -2.46. The number of thiophene rings is 1. The molecule has 1 atom stereocenters. The van der Waals surface area contributed by atoms with Crippen molar-refractivity contribution in [2.24, 2.45) is 11.8 Å². The third-order valence-corrected chi connectivity index (χ3v) is 7.14. The number of aryl methyl sites for hydroxylation is 2. The number of likely N-dealkylation sites (N-methyl/N-ethyl adjacent to an activating group) is 1. The Balaban J connectivity index is 1.61. The van der Waals surface area contributed by atoms with Crippen LogP contribution in [0.25, 0.3) is 10.2 Å². The van der Waals surface area contributed by atoms with Crippen LogP contribution < -0.4 is 10.2 Å². The van der Waals surface area contributed by atoms with Crippen molar-refractivity contribution >= 4 is 33.3 Å². The Morgan fingerprint density at radius 3 is 2.57 bits per heavy atom. The minimum atomic E-state index is 0.0915. The maximum atomic E-state index is 12.7. The lowest BCUT2D eigenvalue weighted by atomic mass is 9.95. The molecule has 28 heavy (non-hydrogen) atoms. The van der Waals surface area contributed by atoms with Crippen molar-refractivity contribution in [1.82, 2.24) is 20.2 Å². The van der Waals surface area contributed by atoms with Crippen molar-refractivity contribution in [3.8, 4) is 0 Å². The monoisotopic (exact) mass is 403 g/mol. The standard InChI is InChI=1S/C21H33N5OS/c1-13(2)17(25(5)6)11-22-20(27)16-7-9-26(10-8-16)19-18-14(3)15(4)28-21(18)24-12-23-19/h12-13,16-17H,7-11H2,1-6H3,(H,22,27). The van der Waals surface area contributed by atoms with Crippen LogP contribution in [-0.4, -0.2) is 60.5 Å². The number of hydrogen-bond donors (Lipinski definition) is 1. The SMILES string of the molecule is Cc1sc2ncnc(N3CCC(C(=O)NCC(C(C)C)N(C)C)CC3)c2c1C. The Labute approximate surface area is 172 Å². The molecule has 0 bridgehead atoms. The summed E-state index contributed by atoms with van der Waals surface area (Å²) in [6.45, 7) is 11.1. The second-order valence-electron chi connectivity index (χ2n) is 8.44. The summed E-state index contributed by atoms with van der Waals surface area (Å²) < 4.78 is 0. The summed E-state index contributed by atoms with van der Waals surface area (Å²) in [7, 11) is 4.15. The van der Waals surface area contributed by atoms with E-state index in [1.807, 2.05) is 0 Å². The highest BCUT2D eigenvalue weighted by Crippen LogP contribution is 2.35. The van der Waals surface area contributed by atoms with Crippen molar-refractivity contribution in [3.05, 3.63) is 16.8 Å². The van der Waals surface area contributed by atoms with Crippen molar-refractivity contribution in [1.29, 1.82) is 0 Å². The summed E-state index contributed by atoms with van der Waals surface area (Å²) in [5.74, 6) is 1.82. The van der Waals surface area contributed by atoms with E-state index < -0.39 is 0 Å². The van der Waals surface area contributed by atoms with E-state index in [1.54, 1.807) is 17.7 Å². The van der Waals surface area contributed by atoms with Gasteiger partial charge in [0.15, 0.2) is 0 Å². The van der Waals surface area contributed by atoms with Gasteiger partial charge >= 0.3 is 0 Å². The number of nitrogens with one attached hydrogen (secondary N) is 1. The zero-order valence-electron chi connectivity index (χ0n) is 18.0. The Hall–Kier alpha value is -1.73. The van der Waals surface area contributed by atoms with E-state index >= 15 is 0 Å². The number of aromatic nitrogens is 2. The van der Waals surface area contributed by atoms with Gasteiger partial charge in [-0.25, -0.2) is 9.97 Å². The van der Waals surface area contributed by atoms with Gasteiger partial charge in [0, 0.05) is 36.5 Å². The van der Waals surface area contributed by atoms with E-state index in [9.17, 15) is 4.79 Å². The summed E-state index contributed by atoms with van der Waals surface area (Å²) in [6, 6.07) is 0.364. The molecule has 2 aromatic rings. The van der Waals surface area contributed by atoms with Crippen molar-refractivity contribution in [2.75, 3.05) is 38.6 Å². The minimum absolute atomic E-state index is 0.0915. The van der Waals surface area contributed by atoms with Crippen LogP contribution in [0.5, 0.6) is 0 Å². The van der Waals surface area contributed by atoms with Crippen LogP contribution in [0.15, 0.2) is 6.33 Å². The second-order valence-corrected chi connectivity index (χ2v) is 9.65. The molecule has 1 fully saturated rings. The lowest BCUT2D eigenvalue weighted by molar-refractivity contribution is -0.125. The first kappa shape index (κ1) is 21.0. The number of piperidine rings is 1. The van der Waals surface area contributed by atoms with E-state index in [-0.39, 0.29) is 11.8 Å². The molecule has 1 amide bonds. The van der Waals surface area contributed by atoms with Crippen LogP contribution >= 0.6 is 11.3 Å². The summed E-state index contributed by atoms with van der Waals surface area (Å²) in [5.41, 5.74) is 1.28. The number of carbonyl (C=O) groups excluding carboxylic acids is 1. The molecular formula is C21H33N5OS. The molecule has 3 heterocycles. The highest BCUT2D eigenvalue weighted by atomic mass is 32.1. The van der Waals surface area contributed by atoms with Gasteiger partial charge in [-0.3, -0.25) is 4.79 Å². The van der Waals surface area contributed by atoms with E-state index in [4.69, 9.17) is 0 Å². The largest absolute Gasteiger partial charge is 0.356 e. The molecule has 0 saturated carbocycles. The highest BCUT2D eigenvalue weighted by Gasteiger charge is 2.28. The molecule has 0 aromatic carbocycles. The van der Waals surface area contributed by atoms with Gasteiger partial charge in [0.25, 0.3) is 0 Å². The zero-order chi connectivity index (χ0) is 20.4. The van der Waals surface area contributed by atoms with Crippen molar-refractivity contribution < 1.29 is 4.79 Å². The predicted molar refractivity (Wildman–Crippen MR) is 117 cm³/mol. The van der Waals surface area contributed by atoms with Gasteiger partial charge in [-0.2, -0.15) is 0 Å². The normalized spacial score (nSPS) is 16.9. The van der Waals surface area contributed by atoms with Crippen LogP contribution in [0.4, 0.5) is 5.82 Å². The summed E-state index contributed by atoms with van der Waals surface area (Å²) in [4.78, 5) is 28.6. The molecule has 154 valence electrons. The number of amides is 1. The Morgan fingerprint density at radius 1 is 1.29 bits per heavy atom. The quantitative estimate of drug-likeness (QED) is 0.802. The van der Waals surface area contributed by atoms with Crippen LogP contribution in [-0.2, 0) is 4.79 Å². The molecule has 6 nitrogen and oxygen atoms in total. The van der Waals surface area contributed by atoms with Gasteiger partial charge in [0.05, 0.1) is 5.39 Å². The number of hydrogen-bond acceptors (Lipinski definition) is 6. The summed E-state index contributed by atoms with van der Waals surface area (Å²) in [6.07, 6.45) is 3.40. The number of carbonyl (C=O) groups is 1. The van der Waals surface area contributed by atoms with Crippen molar-refractivity contribution in [3.63, 3.8) is 0 Å². The van der Waals surface area contributed by atoms with Gasteiger partial charge in [-0.05, 0) is 52.3 Å². The van der Waals surface area contributed by atoms with Crippen LogP contribution in [0.2, 0.25) is 0 Å². The average molecular weight is 404 g/mol. The fraction of sp³-hybridized carbons (Fsp3) is 0.667. The molecule has 1 saturated heterocycles. The van der Waals surface area contributed by atoms with Crippen LogP contribution in [0.3, 0.4) is 0 Å². The molecule has 0 spiro atoms. The Bertz CT molecular complexity index is 816. The first-order chi connectivity index (χ1) is 13.3. The molecule has 1 aliphatic heterocycles. The summed E-state index contributed by atoms with van der Waals surface area (Å²) >= 11 is 1.73. The molecule has 7 heteroatoms. The Morgan fingerprint density at radius 2 is 1.96 bits per heavy atom. The minimum Gasteiger partial charge on any atom is -0.356 e. The van der Waals surface area contributed by atoms with Crippen LogP contribution in [0, 0.1) is 25.7 Å². The van der Waals surface area contributed by atoms with Gasteiger partial charge in [0.2, 0.25) is 5.91 Å². The number of nitrogens with zero attached hydrogens (tertiary/aromatic N) is 4. The molecule has 2 aromatic heterocycles. The fourth-order valence-electron chi connectivity index (χ4n) is 4.12. The summed E-state index contributed by atoms with van der Waals surface area (Å²) in [5, 5.41) is 4.37. The van der Waals surface area contributed by atoms with Crippen LogP contribution in [0.1, 0.15) is 37.1 Å². The maximum Gasteiger partial charge on any atom is 0.223 e. The topological polar surface area (TPSA) is 61.4 Å². The van der Waals surface area contributed by atoms with E-state index in [0.717, 1.165) is 36.6 Å². The third kappa shape index (κ3) is 4.30. The maximum absolute atomic E-state index is 12.7. The molecule has 1 unspecified atom stereocenters. The van der Waals surface area contributed by atoms with Gasteiger partial charge in [0.1, 0.15) is 17.0 Å². The van der Waals surface area contributed by atoms with Gasteiger partial charge in [-0.1, -0.05) is 13.8 Å². The molecule has 3 rings (SSSR count). The molecule has 0 radical (unpaired) electrons. The highest BCUT2D eigenvalue weighted by molar-refractivity contribution is 7.18. The Kier molecular flexibility index (Phi) is 6.55. The zero-order valence-corrected chi connectivity index (χ0v) is 18.8. The van der Waals surface area contributed by atoms with Gasteiger partial charge < -0.3 is 15.1 Å². The van der Waals surface area contributed by atoms with E-state index in [1.165, 1.54) is 15.8 Å².